The zero-order valence-corrected chi connectivity index (χ0v) is 14.5. The number of benzene rings is 1. The molecule has 0 radical (unpaired) electrons. The number of rotatable bonds is 7. The van der Waals surface area contributed by atoms with Crippen molar-refractivity contribution >= 4 is 17.5 Å². The Morgan fingerprint density at radius 3 is 2.59 bits per heavy atom. The van der Waals surface area contributed by atoms with Crippen LogP contribution in [0.15, 0.2) is 24.3 Å². The van der Waals surface area contributed by atoms with E-state index in [9.17, 15) is 4.79 Å². The molecule has 2 aliphatic rings. The van der Waals surface area contributed by atoms with Crippen LogP contribution in [0.5, 0.6) is 0 Å². The van der Waals surface area contributed by atoms with Crippen LogP contribution in [-0.4, -0.2) is 16.3 Å². The molecule has 2 bridgehead atoms. The summed E-state index contributed by atoms with van der Waals surface area (Å²) in [7, 11) is 0. The zero-order valence-electron chi connectivity index (χ0n) is 13.7. The molecule has 0 aromatic heterocycles. The third-order valence-electron chi connectivity index (χ3n) is 5.31. The highest BCUT2D eigenvalue weighted by atomic mass is 32.2. The number of fused-ring (bicyclic) bond motifs is 2. The van der Waals surface area contributed by atoms with Gasteiger partial charge in [0.2, 0.25) is 0 Å². The summed E-state index contributed by atoms with van der Waals surface area (Å²) in [5.74, 6) is 1.34. The van der Waals surface area contributed by atoms with Crippen LogP contribution in [-0.2, 0) is 17.6 Å². The molecule has 2 heterocycles. The highest BCUT2D eigenvalue weighted by Gasteiger charge is 2.40. The third-order valence-corrected chi connectivity index (χ3v) is 6.96. The molecule has 2 heteroatoms. The van der Waals surface area contributed by atoms with Crippen LogP contribution in [0.1, 0.15) is 63.0 Å². The summed E-state index contributed by atoms with van der Waals surface area (Å²) in [5.41, 5.74) is 2.92. The van der Waals surface area contributed by atoms with Crippen molar-refractivity contribution in [3.05, 3.63) is 35.4 Å². The normalized spacial score (nSPS) is 27.3. The summed E-state index contributed by atoms with van der Waals surface area (Å²) < 4.78 is 0. The van der Waals surface area contributed by atoms with Gasteiger partial charge in [0.05, 0.1) is 0 Å². The van der Waals surface area contributed by atoms with Gasteiger partial charge in [-0.25, -0.2) is 0 Å². The standard InChI is InChI=1S/C20H28OS/c1-2-15-8-10-16(11-9-15)6-4-3-5-7-17-12-19-13-18(21)14-20(17)22-19/h8-11,17,19-20H,2-7,12-14H2,1H3. The van der Waals surface area contributed by atoms with Crippen LogP contribution >= 0.6 is 11.8 Å². The van der Waals surface area contributed by atoms with E-state index in [0.29, 0.717) is 16.3 Å². The molecule has 2 saturated heterocycles. The van der Waals surface area contributed by atoms with Crippen LogP contribution in [0, 0.1) is 5.92 Å². The topological polar surface area (TPSA) is 17.1 Å². The molecule has 2 aliphatic heterocycles. The van der Waals surface area contributed by atoms with Crippen molar-refractivity contribution in [2.75, 3.05) is 0 Å². The molecule has 0 N–H and O–H groups in total. The summed E-state index contributed by atoms with van der Waals surface area (Å²) in [5, 5.41) is 1.32. The SMILES string of the molecule is CCc1ccc(CCCCCC2CC3CC(=O)CC2S3)cc1. The molecule has 3 unspecified atom stereocenters. The Kier molecular flexibility index (Phi) is 5.62. The molecular formula is C20H28OS. The van der Waals surface area contributed by atoms with E-state index < -0.39 is 0 Å². The second-order valence-corrected chi connectivity index (χ2v) is 8.55. The lowest BCUT2D eigenvalue weighted by atomic mass is 9.93. The van der Waals surface area contributed by atoms with Gasteiger partial charge in [-0.1, -0.05) is 44.0 Å². The third kappa shape index (κ3) is 4.16. The summed E-state index contributed by atoms with van der Waals surface area (Å²) in [6.45, 7) is 2.21. The largest absolute Gasteiger partial charge is 0.300 e. The number of thioether (sulfide) groups is 1. The van der Waals surface area contributed by atoms with Crippen molar-refractivity contribution in [1.29, 1.82) is 0 Å². The summed E-state index contributed by atoms with van der Waals surface area (Å²) >= 11 is 2.11. The molecule has 120 valence electrons. The second-order valence-electron chi connectivity index (χ2n) is 7.01. The summed E-state index contributed by atoms with van der Waals surface area (Å²) in [6.07, 6.45) is 10.7. The van der Waals surface area contributed by atoms with E-state index in [1.165, 1.54) is 49.7 Å². The smallest absolute Gasteiger partial charge is 0.135 e. The van der Waals surface area contributed by atoms with E-state index in [1.54, 1.807) is 0 Å². The predicted molar refractivity (Wildman–Crippen MR) is 95.5 cm³/mol. The van der Waals surface area contributed by atoms with Gasteiger partial charge in [0, 0.05) is 23.3 Å². The van der Waals surface area contributed by atoms with Crippen LogP contribution < -0.4 is 0 Å². The minimum atomic E-state index is 0.520. The number of Topliss-reactive ketones (excluding diaryl/α,β-unsaturated/α-hetero) is 1. The number of unbranched alkanes of at least 4 members (excludes halogenated alkanes) is 2. The van der Waals surface area contributed by atoms with Crippen LogP contribution in [0.4, 0.5) is 0 Å². The Morgan fingerprint density at radius 2 is 1.82 bits per heavy atom. The Hall–Kier alpha value is -0.760. The fraction of sp³-hybridized carbons (Fsp3) is 0.650. The molecule has 0 aliphatic carbocycles. The van der Waals surface area contributed by atoms with Crippen LogP contribution in [0.3, 0.4) is 0 Å². The average Bonchev–Trinajstić information content (AvgIpc) is 2.81. The number of hydrogen-bond donors (Lipinski definition) is 0. The molecular weight excluding hydrogens is 288 g/mol. The van der Waals surface area contributed by atoms with Crippen molar-refractivity contribution in [1.82, 2.24) is 0 Å². The van der Waals surface area contributed by atoms with Gasteiger partial charge in [-0.05, 0) is 49.1 Å². The predicted octanol–water partition coefficient (Wildman–Crippen LogP) is 5.21. The average molecular weight is 317 g/mol. The van der Waals surface area contributed by atoms with E-state index in [1.807, 2.05) is 0 Å². The Morgan fingerprint density at radius 1 is 1.05 bits per heavy atom. The van der Waals surface area contributed by atoms with Crippen LogP contribution in [0.25, 0.3) is 0 Å². The molecule has 1 nitrogen and oxygen atoms in total. The maximum absolute atomic E-state index is 11.6. The van der Waals surface area contributed by atoms with Gasteiger partial charge in [-0.2, -0.15) is 11.8 Å². The second kappa shape index (κ2) is 7.68. The maximum Gasteiger partial charge on any atom is 0.135 e. The van der Waals surface area contributed by atoms with E-state index >= 15 is 0 Å². The maximum atomic E-state index is 11.6. The number of aryl methyl sites for hydroxylation is 2. The minimum Gasteiger partial charge on any atom is -0.300 e. The van der Waals surface area contributed by atoms with E-state index in [0.717, 1.165) is 25.2 Å². The van der Waals surface area contributed by atoms with Crippen molar-refractivity contribution < 1.29 is 4.79 Å². The molecule has 2 fully saturated rings. The highest BCUT2D eigenvalue weighted by Crippen LogP contribution is 2.47. The first-order valence-electron chi connectivity index (χ1n) is 8.99. The lowest BCUT2D eigenvalue weighted by Crippen LogP contribution is -2.18. The highest BCUT2D eigenvalue weighted by molar-refractivity contribution is 8.00. The van der Waals surface area contributed by atoms with Crippen LogP contribution in [0.2, 0.25) is 0 Å². The van der Waals surface area contributed by atoms with Gasteiger partial charge in [0.25, 0.3) is 0 Å². The Labute approximate surface area is 139 Å². The molecule has 22 heavy (non-hydrogen) atoms. The first kappa shape index (κ1) is 16.1. The van der Waals surface area contributed by atoms with Gasteiger partial charge in [0.1, 0.15) is 5.78 Å². The van der Waals surface area contributed by atoms with Crippen molar-refractivity contribution in [2.24, 2.45) is 5.92 Å². The van der Waals surface area contributed by atoms with Gasteiger partial charge in [0.15, 0.2) is 0 Å². The molecule has 0 saturated carbocycles. The number of ketones is 1. The van der Waals surface area contributed by atoms with E-state index in [-0.39, 0.29) is 0 Å². The fourth-order valence-electron chi connectivity index (χ4n) is 3.97. The Bertz CT molecular complexity index is 493. The molecule has 1 aromatic rings. The first-order chi connectivity index (χ1) is 10.7. The number of carbonyl (C=O) groups is 1. The molecule has 1 aromatic carbocycles. The quantitative estimate of drug-likeness (QED) is 0.643. The molecule has 0 amide bonds. The molecule has 3 rings (SSSR count). The van der Waals surface area contributed by atoms with Gasteiger partial charge in [-0.15, -0.1) is 0 Å². The monoisotopic (exact) mass is 316 g/mol. The fourth-order valence-corrected chi connectivity index (χ4v) is 5.86. The molecule has 3 atom stereocenters. The van der Waals surface area contributed by atoms with Crippen molar-refractivity contribution in [2.45, 2.75) is 75.2 Å². The lowest BCUT2D eigenvalue weighted by Gasteiger charge is -2.19. The number of hydrogen-bond acceptors (Lipinski definition) is 2. The number of carbonyl (C=O) groups excluding carboxylic acids is 1. The molecule has 0 spiro atoms. The van der Waals surface area contributed by atoms with Gasteiger partial charge < -0.3 is 0 Å². The first-order valence-corrected chi connectivity index (χ1v) is 9.94. The summed E-state index contributed by atoms with van der Waals surface area (Å²) in [4.78, 5) is 11.6. The lowest BCUT2D eigenvalue weighted by molar-refractivity contribution is -0.119. The van der Waals surface area contributed by atoms with E-state index in [4.69, 9.17) is 0 Å². The summed E-state index contributed by atoms with van der Waals surface area (Å²) in [6, 6.07) is 9.12. The van der Waals surface area contributed by atoms with Crippen molar-refractivity contribution in [3.63, 3.8) is 0 Å². The Balaban J connectivity index is 1.33. The van der Waals surface area contributed by atoms with Gasteiger partial charge in [-0.3, -0.25) is 4.79 Å². The minimum absolute atomic E-state index is 0.520. The van der Waals surface area contributed by atoms with Gasteiger partial charge >= 0.3 is 0 Å². The zero-order chi connectivity index (χ0) is 15.4. The van der Waals surface area contributed by atoms with Crippen molar-refractivity contribution in [3.8, 4) is 0 Å². The van der Waals surface area contributed by atoms with E-state index in [2.05, 4.69) is 43.0 Å².